The Morgan fingerprint density at radius 3 is 2.57 bits per heavy atom. The van der Waals surface area contributed by atoms with Gasteiger partial charge in [0.15, 0.2) is 5.96 Å². The highest BCUT2D eigenvalue weighted by Crippen LogP contribution is 2.13. The fourth-order valence-corrected chi connectivity index (χ4v) is 1.60. The zero-order chi connectivity index (χ0) is 15.5. The van der Waals surface area contributed by atoms with Crippen LogP contribution in [0.3, 0.4) is 0 Å². The molecule has 0 saturated heterocycles. The molecule has 0 aromatic heterocycles. The first-order valence-electron chi connectivity index (χ1n) is 7.33. The van der Waals surface area contributed by atoms with E-state index in [4.69, 9.17) is 11.2 Å². The molecule has 0 aliphatic rings. The van der Waals surface area contributed by atoms with Crippen molar-refractivity contribution >= 4 is 5.96 Å². The summed E-state index contributed by atoms with van der Waals surface area (Å²) in [5.74, 6) is 4.69. The van der Waals surface area contributed by atoms with Crippen molar-refractivity contribution in [3.8, 4) is 18.1 Å². The molecule has 0 saturated carbocycles. The molecule has 1 aromatic carbocycles. The summed E-state index contributed by atoms with van der Waals surface area (Å²) in [6, 6.07) is 8.03. The van der Waals surface area contributed by atoms with Gasteiger partial charge in [0.05, 0.1) is 19.7 Å². The van der Waals surface area contributed by atoms with E-state index in [0.717, 1.165) is 30.4 Å². The van der Waals surface area contributed by atoms with E-state index in [1.807, 2.05) is 31.2 Å². The third-order valence-electron chi connectivity index (χ3n) is 2.63. The molecule has 0 fully saturated rings. The van der Waals surface area contributed by atoms with Crippen molar-refractivity contribution < 1.29 is 4.74 Å². The van der Waals surface area contributed by atoms with Crippen LogP contribution in [0.4, 0.5) is 0 Å². The van der Waals surface area contributed by atoms with Crippen molar-refractivity contribution in [1.29, 1.82) is 0 Å². The molecule has 114 valence electrons. The first-order chi connectivity index (χ1) is 10.2. The number of aliphatic imine (C=N–C) groups is 1. The molecule has 0 unspecified atom stereocenters. The highest BCUT2D eigenvalue weighted by atomic mass is 16.5. The third kappa shape index (κ3) is 7.26. The van der Waals surface area contributed by atoms with Gasteiger partial charge in [-0.05, 0) is 30.5 Å². The van der Waals surface area contributed by atoms with Crippen LogP contribution in [-0.4, -0.2) is 25.7 Å². The van der Waals surface area contributed by atoms with E-state index >= 15 is 0 Å². The summed E-state index contributed by atoms with van der Waals surface area (Å²) in [6.07, 6.45) is 5.24. The molecule has 0 aliphatic carbocycles. The van der Waals surface area contributed by atoms with Gasteiger partial charge in [0, 0.05) is 6.54 Å². The highest BCUT2D eigenvalue weighted by Gasteiger charge is 1.99. The summed E-state index contributed by atoms with van der Waals surface area (Å²) < 4.78 is 5.66. The molecule has 4 nitrogen and oxygen atoms in total. The molecule has 0 heterocycles. The van der Waals surface area contributed by atoms with Crippen LogP contribution in [0.1, 0.15) is 26.3 Å². The van der Waals surface area contributed by atoms with Gasteiger partial charge in [-0.15, -0.1) is 6.42 Å². The lowest BCUT2D eigenvalue weighted by molar-refractivity contribution is 0.271. The van der Waals surface area contributed by atoms with Gasteiger partial charge in [-0.1, -0.05) is 31.9 Å². The number of rotatable bonds is 7. The first kappa shape index (κ1) is 16.9. The SMILES string of the molecule is C#CCNC(=NCc1ccc(OCC(C)C)cc1)NCC. The molecule has 4 heteroatoms. The van der Waals surface area contributed by atoms with Gasteiger partial charge in [-0.25, -0.2) is 4.99 Å². The van der Waals surface area contributed by atoms with Crippen LogP contribution < -0.4 is 15.4 Å². The Bertz CT molecular complexity index is 472. The Kier molecular flexibility index (Phi) is 7.81. The van der Waals surface area contributed by atoms with E-state index in [0.29, 0.717) is 19.0 Å². The van der Waals surface area contributed by atoms with Crippen molar-refractivity contribution in [3.05, 3.63) is 29.8 Å². The number of ether oxygens (including phenoxy) is 1. The summed E-state index contributed by atoms with van der Waals surface area (Å²) in [6.45, 7) is 8.89. The Morgan fingerprint density at radius 2 is 2.00 bits per heavy atom. The third-order valence-corrected chi connectivity index (χ3v) is 2.63. The summed E-state index contributed by atoms with van der Waals surface area (Å²) in [4.78, 5) is 4.48. The smallest absolute Gasteiger partial charge is 0.192 e. The number of hydrogen-bond donors (Lipinski definition) is 2. The topological polar surface area (TPSA) is 45.7 Å². The van der Waals surface area contributed by atoms with Crippen LogP contribution in [0.15, 0.2) is 29.3 Å². The molecule has 0 bridgehead atoms. The molecule has 0 aliphatic heterocycles. The van der Waals surface area contributed by atoms with E-state index in [9.17, 15) is 0 Å². The van der Waals surface area contributed by atoms with Gasteiger partial charge in [0.2, 0.25) is 0 Å². The molecule has 21 heavy (non-hydrogen) atoms. The van der Waals surface area contributed by atoms with E-state index in [1.165, 1.54) is 0 Å². The predicted octanol–water partition coefficient (Wildman–Crippen LogP) is 2.41. The Balaban J connectivity index is 2.55. The van der Waals surface area contributed by atoms with Gasteiger partial charge in [-0.2, -0.15) is 0 Å². The predicted molar refractivity (Wildman–Crippen MR) is 88.4 cm³/mol. The Morgan fingerprint density at radius 1 is 1.29 bits per heavy atom. The average Bonchev–Trinajstić information content (AvgIpc) is 2.49. The van der Waals surface area contributed by atoms with Crippen LogP contribution in [0.5, 0.6) is 5.75 Å². The number of nitrogens with one attached hydrogen (secondary N) is 2. The molecule has 0 atom stereocenters. The monoisotopic (exact) mass is 287 g/mol. The minimum atomic E-state index is 0.466. The molecule has 2 N–H and O–H groups in total. The minimum Gasteiger partial charge on any atom is -0.493 e. The largest absolute Gasteiger partial charge is 0.493 e. The van der Waals surface area contributed by atoms with Gasteiger partial charge >= 0.3 is 0 Å². The van der Waals surface area contributed by atoms with Crippen LogP contribution in [-0.2, 0) is 6.54 Å². The Labute approximate surface area is 128 Å². The standard InChI is InChI=1S/C17H25N3O/c1-5-11-19-17(18-6-2)20-12-15-7-9-16(10-8-15)21-13-14(3)4/h1,7-10,14H,6,11-13H2,2-4H3,(H2,18,19,20). The van der Waals surface area contributed by atoms with Crippen molar-refractivity contribution in [2.24, 2.45) is 10.9 Å². The molecular weight excluding hydrogens is 262 g/mol. The minimum absolute atomic E-state index is 0.466. The van der Waals surface area contributed by atoms with Crippen LogP contribution >= 0.6 is 0 Å². The lowest BCUT2D eigenvalue weighted by atomic mass is 10.2. The maximum absolute atomic E-state index is 5.66. The van der Waals surface area contributed by atoms with Crippen molar-refractivity contribution in [1.82, 2.24) is 10.6 Å². The van der Waals surface area contributed by atoms with Crippen LogP contribution in [0.2, 0.25) is 0 Å². The lowest BCUT2D eigenvalue weighted by Crippen LogP contribution is -2.37. The summed E-state index contributed by atoms with van der Waals surface area (Å²) in [5, 5.41) is 6.21. The fourth-order valence-electron chi connectivity index (χ4n) is 1.60. The molecule has 0 spiro atoms. The molecule has 1 rings (SSSR count). The second-order valence-electron chi connectivity index (χ2n) is 5.10. The molecule has 0 radical (unpaired) electrons. The van der Waals surface area contributed by atoms with Crippen molar-refractivity contribution in [2.45, 2.75) is 27.3 Å². The van der Waals surface area contributed by atoms with Crippen molar-refractivity contribution in [2.75, 3.05) is 19.7 Å². The summed E-state index contributed by atoms with van der Waals surface area (Å²) in [5.41, 5.74) is 1.13. The zero-order valence-corrected chi connectivity index (χ0v) is 13.1. The molecular formula is C17H25N3O. The van der Waals surface area contributed by atoms with Crippen LogP contribution in [0, 0.1) is 18.3 Å². The zero-order valence-electron chi connectivity index (χ0n) is 13.1. The summed E-state index contributed by atoms with van der Waals surface area (Å²) >= 11 is 0. The van der Waals surface area contributed by atoms with Crippen LogP contribution in [0.25, 0.3) is 0 Å². The lowest BCUT2D eigenvalue weighted by Gasteiger charge is -2.10. The normalized spacial score (nSPS) is 11.1. The number of hydrogen-bond acceptors (Lipinski definition) is 2. The Hall–Kier alpha value is -2.15. The van der Waals surface area contributed by atoms with E-state index in [2.05, 4.69) is 35.4 Å². The summed E-state index contributed by atoms with van der Waals surface area (Å²) in [7, 11) is 0. The quantitative estimate of drug-likeness (QED) is 0.460. The molecule has 1 aromatic rings. The molecule has 0 amide bonds. The van der Waals surface area contributed by atoms with E-state index in [-0.39, 0.29) is 0 Å². The second kappa shape index (κ2) is 9.71. The average molecular weight is 287 g/mol. The highest BCUT2D eigenvalue weighted by molar-refractivity contribution is 5.79. The maximum atomic E-state index is 5.66. The number of guanidine groups is 1. The number of nitrogens with zero attached hydrogens (tertiary/aromatic N) is 1. The number of terminal acetylenes is 1. The van der Waals surface area contributed by atoms with Gasteiger partial charge in [0.25, 0.3) is 0 Å². The van der Waals surface area contributed by atoms with Gasteiger partial charge < -0.3 is 15.4 Å². The van der Waals surface area contributed by atoms with Gasteiger partial charge in [0.1, 0.15) is 5.75 Å². The van der Waals surface area contributed by atoms with Gasteiger partial charge in [-0.3, -0.25) is 0 Å². The fraction of sp³-hybridized carbons (Fsp3) is 0.471. The maximum Gasteiger partial charge on any atom is 0.192 e. The second-order valence-corrected chi connectivity index (χ2v) is 5.10. The number of benzene rings is 1. The van der Waals surface area contributed by atoms with E-state index in [1.54, 1.807) is 0 Å². The van der Waals surface area contributed by atoms with E-state index < -0.39 is 0 Å². The van der Waals surface area contributed by atoms with Crippen molar-refractivity contribution in [3.63, 3.8) is 0 Å². The first-order valence-corrected chi connectivity index (χ1v) is 7.33.